The van der Waals surface area contributed by atoms with Crippen LogP contribution < -0.4 is 11.1 Å². The van der Waals surface area contributed by atoms with Crippen LogP contribution in [0, 0.1) is 5.92 Å². The molecule has 0 saturated carbocycles. The van der Waals surface area contributed by atoms with Crippen LogP contribution in [-0.4, -0.2) is 27.3 Å². The van der Waals surface area contributed by atoms with Gasteiger partial charge in [0.2, 0.25) is 0 Å². The SMILES string of the molecule is CCC(CCN)CNc1ccccc1S(=O)(=O)CC. The Labute approximate surface area is 116 Å². The van der Waals surface area contributed by atoms with Crippen molar-refractivity contribution in [1.29, 1.82) is 0 Å². The van der Waals surface area contributed by atoms with Crippen LogP contribution in [0.5, 0.6) is 0 Å². The van der Waals surface area contributed by atoms with Gasteiger partial charge in [0, 0.05) is 6.54 Å². The highest BCUT2D eigenvalue weighted by Gasteiger charge is 2.16. The molecule has 1 aromatic carbocycles. The van der Waals surface area contributed by atoms with E-state index in [2.05, 4.69) is 12.2 Å². The fourth-order valence-corrected chi connectivity index (χ4v) is 3.05. The second-order valence-corrected chi connectivity index (χ2v) is 6.88. The normalized spacial score (nSPS) is 13.2. The lowest BCUT2D eigenvalue weighted by molar-refractivity contribution is 0.501. The van der Waals surface area contributed by atoms with Gasteiger partial charge >= 0.3 is 0 Å². The summed E-state index contributed by atoms with van der Waals surface area (Å²) in [6.45, 7) is 5.20. The van der Waals surface area contributed by atoms with Crippen molar-refractivity contribution in [3.63, 3.8) is 0 Å². The van der Waals surface area contributed by atoms with Crippen LogP contribution in [0.2, 0.25) is 0 Å². The number of nitrogens with two attached hydrogens (primary N) is 1. The monoisotopic (exact) mass is 284 g/mol. The van der Waals surface area contributed by atoms with Crippen LogP contribution in [0.3, 0.4) is 0 Å². The quantitative estimate of drug-likeness (QED) is 0.768. The molecule has 1 rings (SSSR count). The number of rotatable bonds is 8. The van der Waals surface area contributed by atoms with E-state index in [1.165, 1.54) is 0 Å². The van der Waals surface area contributed by atoms with Gasteiger partial charge < -0.3 is 11.1 Å². The predicted octanol–water partition coefficient (Wildman–Crippen LogP) is 2.27. The molecule has 0 aliphatic heterocycles. The Morgan fingerprint density at radius 1 is 1.26 bits per heavy atom. The van der Waals surface area contributed by atoms with Gasteiger partial charge in [-0.2, -0.15) is 0 Å². The first-order chi connectivity index (χ1) is 9.05. The van der Waals surface area contributed by atoms with Gasteiger partial charge in [-0.1, -0.05) is 32.4 Å². The summed E-state index contributed by atoms with van der Waals surface area (Å²) < 4.78 is 24.0. The molecule has 0 fully saturated rings. The Hall–Kier alpha value is -1.07. The molecule has 4 nitrogen and oxygen atoms in total. The Kier molecular flexibility index (Phi) is 6.31. The summed E-state index contributed by atoms with van der Waals surface area (Å²) in [7, 11) is -3.18. The van der Waals surface area contributed by atoms with Gasteiger partial charge in [0.25, 0.3) is 0 Å². The van der Waals surface area contributed by atoms with Crippen LogP contribution in [0.25, 0.3) is 0 Å². The lowest BCUT2D eigenvalue weighted by Gasteiger charge is -2.17. The van der Waals surface area contributed by atoms with Gasteiger partial charge in [-0.3, -0.25) is 0 Å². The minimum absolute atomic E-state index is 0.117. The summed E-state index contributed by atoms with van der Waals surface area (Å²) in [6, 6.07) is 7.08. The summed E-state index contributed by atoms with van der Waals surface area (Å²) in [5, 5.41) is 3.25. The first-order valence-electron chi connectivity index (χ1n) is 6.80. The van der Waals surface area contributed by atoms with Crippen molar-refractivity contribution in [3.05, 3.63) is 24.3 Å². The molecule has 1 aromatic rings. The van der Waals surface area contributed by atoms with Gasteiger partial charge in [0.15, 0.2) is 9.84 Å². The molecule has 0 aliphatic carbocycles. The molecule has 0 aromatic heterocycles. The Bertz CT molecular complexity index is 486. The zero-order valence-electron chi connectivity index (χ0n) is 11.7. The smallest absolute Gasteiger partial charge is 0.180 e. The maximum absolute atomic E-state index is 12.0. The van der Waals surface area contributed by atoms with Crippen molar-refractivity contribution in [3.8, 4) is 0 Å². The lowest BCUT2D eigenvalue weighted by atomic mass is 10.0. The molecule has 0 spiro atoms. The van der Waals surface area contributed by atoms with Gasteiger partial charge in [0.05, 0.1) is 16.3 Å². The van der Waals surface area contributed by atoms with Gasteiger partial charge in [-0.25, -0.2) is 8.42 Å². The van der Waals surface area contributed by atoms with E-state index in [1.54, 1.807) is 19.1 Å². The standard InChI is InChI=1S/C14H24N2O2S/c1-3-12(9-10-15)11-16-13-7-5-6-8-14(13)19(17,18)4-2/h5-8,12,16H,3-4,9-11,15H2,1-2H3. The van der Waals surface area contributed by atoms with Gasteiger partial charge in [-0.15, -0.1) is 0 Å². The van der Waals surface area contributed by atoms with Crippen LogP contribution in [0.4, 0.5) is 5.69 Å². The van der Waals surface area contributed by atoms with Crippen LogP contribution in [0.15, 0.2) is 29.2 Å². The maximum atomic E-state index is 12.0. The van der Waals surface area contributed by atoms with Crippen molar-refractivity contribution in [2.24, 2.45) is 11.7 Å². The van der Waals surface area contributed by atoms with E-state index in [0.29, 0.717) is 23.0 Å². The molecule has 3 N–H and O–H groups in total. The number of para-hydroxylation sites is 1. The molecular weight excluding hydrogens is 260 g/mol. The first kappa shape index (κ1) is 16.0. The predicted molar refractivity (Wildman–Crippen MR) is 80.1 cm³/mol. The molecule has 1 atom stereocenters. The van der Waals surface area contributed by atoms with E-state index < -0.39 is 9.84 Å². The highest BCUT2D eigenvalue weighted by atomic mass is 32.2. The topological polar surface area (TPSA) is 72.2 Å². The molecule has 0 aliphatic rings. The van der Waals surface area contributed by atoms with Crippen molar-refractivity contribution in [1.82, 2.24) is 0 Å². The summed E-state index contributed by atoms with van der Waals surface area (Å²) in [6.07, 6.45) is 1.99. The zero-order chi connectivity index (χ0) is 14.3. The van der Waals surface area contributed by atoms with E-state index in [-0.39, 0.29) is 5.75 Å². The van der Waals surface area contributed by atoms with Gasteiger partial charge in [0.1, 0.15) is 0 Å². The first-order valence-corrected chi connectivity index (χ1v) is 8.46. The highest BCUT2D eigenvalue weighted by molar-refractivity contribution is 7.91. The van der Waals surface area contributed by atoms with Crippen molar-refractivity contribution in [2.45, 2.75) is 31.6 Å². The largest absolute Gasteiger partial charge is 0.384 e. The highest BCUT2D eigenvalue weighted by Crippen LogP contribution is 2.22. The molecule has 19 heavy (non-hydrogen) atoms. The van der Waals surface area contributed by atoms with Crippen molar-refractivity contribution < 1.29 is 8.42 Å². The summed E-state index contributed by atoms with van der Waals surface area (Å²) in [4.78, 5) is 0.389. The van der Waals surface area contributed by atoms with E-state index in [1.807, 2.05) is 12.1 Å². The molecule has 0 heterocycles. The van der Waals surface area contributed by atoms with E-state index in [0.717, 1.165) is 19.4 Å². The second-order valence-electron chi connectivity index (χ2n) is 4.63. The Morgan fingerprint density at radius 2 is 1.95 bits per heavy atom. The zero-order valence-corrected chi connectivity index (χ0v) is 12.5. The van der Waals surface area contributed by atoms with Crippen molar-refractivity contribution >= 4 is 15.5 Å². The molecule has 0 bridgehead atoms. The number of anilines is 1. The summed E-state index contributed by atoms with van der Waals surface area (Å²) >= 11 is 0. The number of sulfone groups is 1. The van der Waals surface area contributed by atoms with E-state index in [9.17, 15) is 8.42 Å². The molecule has 108 valence electrons. The second kappa shape index (κ2) is 7.50. The summed E-state index contributed by atoms with van der Waals surface area (Å²) in [5.41, 5.74) is 6.27. The third-order valence-corrected chi connectivity index (χ3v) is 5.12. The van der Waals surface area contributed by atoms with Gasteiger partial charge in [-0.05, 0) is 31.0 Å². The minimum Gasteiger partial charge on any atom is -0.384 e. The third-order valence-electron chi connectivity index (χ3n) is 3.34. The van der Waals surface area contributed by atoms with Crippen molar-refractivity contribution in [2.75, 3.05) is 24.2 Å². The molecule has 0 saturated heterocycles. The molecule has 0 radical (unpaired) electrons. The number of nitrogens with one attached hydrogen (secondary N) is 1. The van der Waals surface area contributed by atoms with E-state index >= 15 is 0 Å². The molecule has 1 unspecified atom stereocenters. The average Bonchev–Trinajstić information content (AvgIpc) is 2.43. The lowest BCUT2D eigenvalue weighted by Crippen LogP contribution is -2.18. The average molecular weight is 284 g/mol. The fraction of sp³-hybridized carbons (Fsp3) is 0.571. The molecular formula is C14H24N2O2S. The molecule has 0 amide bonds. The Balaban J connectivity index is 2.84. The minimum atomic E-state index is -3.18. The Morgan fingerprint density at radius 3 is 2.53 bits per heavy atom. The van der Waals surface area contributed by atoms with Crippen LogP contribution >= 0.6 is 0 Å². The number of hydrogen-bond donors (Lipinski definition) is 2. The molecule has 5 heteroatoms. The number of hydrogen-bond acceptors (Lipinski definition) is 4. The van der Waals surface area contributed by atoms with Crippen LogP contribution in [-0.2, 0) is 9.84 Å². The maximum Gasteiger partial charge on any atom is 0.180 e. The third kappa shape index (κ3) is 4.51. The number of benzene rings is 1. The fourth-order valence-electron chi connectivity index (χ4n) is 1.98. The van der Waals surface area contributed by atoms with Crippen LogP contribution in [0.1, 0.15) is 26.7 Å². The summed E-state index contributed by atoms with van der Waals surface area (Å²) in [5.74, 6) is 0.591. The van der Waals surface area contributed by atoms with E-state index in [4.69, 9.17) is 5.73 Å².